The number of allylic oxidation sites excluding steroid dienone is 1. The molecule has 4 heteroatoms. The molecular weight excluding hydrogens is 231 g/mol. The van der Waals surface area contributed by atoms with E-state index in [2.05, 4.69) is 10.9 Å². The Morgan fingerprint density at radius 1 is 1.50 bits per heavy atom. The number of hydrogen-bond acceptors (Lipinski definition) is 2. The molecule has 0 N–H and O–H groups in total. The summed E-state index contributed by atoms with van der Waals surface area (Å²) in [4.78, 5) is 5.94. The minimum atomic E-state index is -0.901. The summed E-state index contributed by atoms with van der Waals surface area (Å²) in [6.45, 7) is 3.52. The molecule has 0 amide bonds. The molecule has 0 spiro atoms. The molecule has 0 aliphatic heterocycles. The van der Waals surface area contributed by atoms with Gasteiger partial charge in [0.25, 0.3) is 0 Å². The fourth-order valence-electron chi connectivity index (χ4n) is 1.67. The van der Waals surface area contributed by atoms with Crippen molar-refractivity contribution in [2.24, 2.45) is 16.3 Å². The van der Waals surface area contributed by atoms with Crippen LogP contribution in [0.2, 0.25) is 0 Å². The first-order chi connectivity index (χ1) is 8.36. The molecule has 1 saturated carbocycles. The summed E-state index contributed by atoms with van der Waals surface area (Å²) in [5.41, 5.74) is -0.901. The second-order valence-electron chi connectivity index (χ2n) is 5.00. The summed E-state index contributed by atoms with van der Waals surface area (Å²) in [5, 5.41) is 0. The predicted molar refractivity (Wildman–Crippen MR) is 71.6 cm³/mol. The van der Waals surface area contributed by atoms with Crippen LogP contribution in [0.5, 0.6) is 0 Å². The fourth-order valence-corrected chi connectivity index (χ4v) is 1.67. The Morgan fingerprint density at radius 2 is 2.06 bits per heavy atom. The second kappa shape index (κ2) is 5.43. The number of ether oxygens (including phenoxy) is 1. The maximum absolute atomic E-state index is 14.5. The smallest absolute Gasteiger partial charge is 0.249 e. The quantitative estimate of drug-likeness (QED) is 0.333. The largest absolute Gasteiger partial charge is 0.479 e. The maximum atomic E-state index is 14.5. The topological polar surface area (TPSA) is 24.8 Å². The van der Waals surface area contributed by atoms with E-state index in [-0.39, 0.29) is 11.8 Å². The van der Waals surface area contributed by atoms with E-state index < -0.39 is 11.2 Å². The molecule has 1 fully saturated rings. The van der Waals surface area contributed by atoms with Crippen LogP contribution in [0.4, 0.5) is 4.39 Å². The molecule has 0 radical (unpaired) electrons. The van der Waals surface area contributed by atoms with Gasteiger partial charge in [0.05, 0.1) is 12.5 Å². The monoisotopic (exact) mass is 252 g/mol. The van der Waals surface area contributed by atoms with Gasteiger partial charge in [-0.2, -0.15) is 4.99 Å². The average Bonchev–Trinajstić information content (AvgIpc) is 3.17. The molecule has 18 heavy (non-hydrogen) atoms. The Balaban J connectivity index is 3.14. The lowest BCUT2D eigenvalue weighted by Crippen LogP contribution is -2.21. The lowest BCUT2D eigenvalue weighted by molar-refractivity contribution is 0.241. The van der Waals surface area contributed by atoms with Crippen LogP contribution < -0.4 is 0 Å². The SMILES string of the molecule is C#CC(C)(/C(F)=C(\N=C(C)N(C)C)OC)C1CC1. The van der Waals surface area contributed by atoms with Crippen molar-refractivity contribution < 1.29 is 9.13 Å². The number of rotatable bonds is 4. The van der Waals surface area contributed by atoms with E-state index in [1.165, 1.54) is 7.11 Å². The van der Waals surface area contributed by atoms with E-state index in [9.17, 15) is 4.39 Å². The van der Waals surface area contributed by atoms with Gasteiger partial charge in [0.15, 0.2) is 5.83 Å². The van der Waals surface area contributed by atoms with E-state index in [0.717, 1.165) is 12.8 Å². The first-order valence-electron chi connectivity index (χ1n) is 6.01. The van der Waals surface area contributed by atoms with Gasteiger partial charge in [-0.3, -0.25) is 0 Å². The molecular formula is C14H21FN2O. The van der Waals surface area contributed by atoms with E-state index in [1.54, 1.807) is 18.7 Å². The van der Waals surface area contributed by atoms with Crippen molar-refractivity contribution in [3.8, 4) is 12.3 Å². The van der Waals surface area contributed by atoms with Gasteiger partial charge in [-0.25, -0.2) is 4.39 Å². The molecule has 100 valence electrons. The van der Waals surface area contributed by atoms with Gasteiger partial charge in [-0.15, -0.1) is 6.42 Å². The van der Waals surface area contributed by atoms with Crippen molar-refractivity contribution >= 4 is 5.84 Å². The van der Waals surface area contributed by atoms with Crippen LogP contribution in [0.25, 0.3) is 0 Å². The highest BCUT2D eigenvalue weighted by atomic mass is 19.1. The molecule has 0 aromatic rings. The highest BCUT2D eigenvalue weighted by molar-refractivity contribution is 5.80. The van der Waals surface area contributed by atoms with Gasteiger partial charge in [0.2, 0.25) is 5.88 Å². The number of hydrogen-bond donors (Lipinski definition) is 0. The Bertz CT molecular complexity index is 416. The summed E-state index contributed by atoms with van der Waals surface area (Å²) >= 11 is 0. The molecule has 0 aromatic heterocycles. The Labute approximate surface area is 109 Å². The molecule has 0 heterocycles. The number of nitrogens with zero attached hydrogens (tertiary/aromatic N) is 2. The lowest BCUT2D eigenvalue weighted by atomic mass is 9.84. The molecule has 1 aliphatic carbocycles. The van der Waals surface area contributed by atoms with Crippen LogP contribution in [-0.2, 0) is 4.74 Å². The number of halogens is 1. The minimum absolute atomic E-state index is 0.0199. The van der Waals surface area contributed by atoms with E-state index >= 15 is 0 Å². The Kier molecular flexibility index (Phi) is 4.39. The third kappa shape index (κ3) is 2.84. The standard InChI is InChI=1S/C14H21FN2O/c1-7-14(3,11-8-9-11)12(15)13(18-6)16-10(2)17(4)5/h1,11H,8-9H2,2-6H3/b13-12-,16-10?. The van der Waals surface area contributed by atoms with Crippen LogP contribution in [0, 0.1) is 23.7 Å². The van der Waals surface area contributed by atoms with Gasteiger partial charge in [0.1, 0.15) is 5.84 Å². The van der Waals surface area contributed by atoms with Gasteiger partial charge in [-0.05, 0) is 32.6 Å². The van der Waals surface area contributed by atoms with Crippen molar-refractivity contribution in [1.29, 1.82) is 0 Å². The number of methoxy groups -OCH3 is 1. The van der Waals surface area contributed by atoms with Crippen molar-refractivity contribution in [1.82, 2.24) is 4.90 Å². The Hall–Kier alpha value is -1.50. The van der Waals surface area contributed by atoms with Crippen molar-refractivity contribution in [2.75, 3.05) is 21.2 Å². The summed E-state index contributed by atoms with van der Waals surface area (Å²) in [6.07, 6.45) is 7.41. The van der Waals surface area contributed by atoms with E-state index in [0.29, 0.717) is 5.84 Å². The number of aliphatic imine (C=N–C) groups is 1. The Morgan fingerprint density at radius 3 is 2.39 bits per heavy atom. The van der Waals surface area contributed by atoms with Crippen LogP contribution in [0.15, 0.2) is 16.7 Å². The molecule has 0 bridgehead atoms. The number of terminal acetylenes is 1. The highest BCUT2D eigenvalue weighted by Gasteiger charge is 2.45. The van der Waals surface area contributed by atoms with Crippen molar-refractivity contribution in [2.45, 2.75) is 26.7 Å². The first-order valence-corrected chi connectivity index (χ1v) is 6.01. The predicted octanol–water partition coefficient (Wildman–Crippen LogP) is 2.80. The molecule has 0 saturated heterocycles. The fraction of sp³-hybridized carbons (Fsp3) is 0.643. The second-order valence-corrected chi connectivity index (χ2v) is 5.00. The van der Waals surface area contributed by atoms with Crippen LogP contribution in [-0.4, -0.2) is 31.9 Å². The third-order valence-corrected chi connectivity index (χ3v) is 3.44. The summed E-state index contributed by atoms with van der Waals surface area (Å²) in [6, 6.07) is 0. The van der Waals surface area contributed by atoms with Crippen molar-refractivity contribution in [3.05, 3.63) is 11.7 Å². The first kappa shape index (κ1) is 14.6. The molecule has 0 aromatic carbocycles. The zero-order valence-electron chi connectivity index (χ0n) is 11.7. The molecule has 1 unspecified atom stereocenters. The van der Waals surface area contributed by atoms with Gasteiger partial charge in [0, 0.05) is 14.1 Å². The van der Waals surface area contributed by atoms with Crippen LogP contribution >= 0.6 is 0 Å². The van der Waals surface area contributed by atoms with Gasteiger partial charge in [-0.1, -0.05) is 5.92 Å². The lowest BCUT2D eigenvalue weighted by Gasteiger charge is -2.22. The summed E-state index contributed by atoms with van der Waals surface area (Å²) in [7, 11) is 5.09. The average molecular weight is 252 g/mol. The number of amidine groups is 1. The van der Waals surface area contributed by atoms with Gasteiger partial charge >= 0.3 is 0 Å². The third-order valence-electron chi connectivity index (χ3n) is 3.44. The van der Waals surface area contributed by atoms with E-state index in [4.69, 9.17) is 11.2 Å². The maximum Gasteiger partial charge on any atom is 0.249 e. The van der Waals surface area contributed by atoms with Crippen molar-refractivity contribution in [3.63, 3.8) is 0 Å². The summed E-state index contributed by atoms with van der Waals surface area (Å²) < 4.78 is 19.6. The molecule has 1 rings (SSSR count). The van der Waals surface area contributed by atoms with Crippen LogP contribution in [0.3, 0.4) is 0 Å². The molecule has 3 nitrogen and oxygen atoms in total. The zero-order chi connectivity index (χ0) is 13.9. The molecule has 1 aliphatic rings. The zero-order valence-corrected chi connectivity index (χ0v) is 11.7. The highest BCUT2D eigenvalue weighted by Crippen LogP contribution is 2.50. The normalized spacial score (nSPS) is 20.6. The van der Waals surface area contributed by atoms with Crippen LogP contribution in [0.1, 0.15) is 26.7 Å². The molecule has 1 atom stereocenters. The summed E-state index contributed by atoms with van der Waals surface area (Å²) in [5.74, 6) is 2.95. The minimum Gasteiger partial charge on any atom is -0.479 e. The van der Waals surface area contributed by atoms with Gasteiger partial charge < -0.3 is 9.64 Å². The van der Waals surface area contributed by atoms with E-state index in [1.807, 2.05) is 14.1 Å².